The maximum absolute atomic E-state index is 11.7. The third kappa shape index (κ3) is 14.7. The van der Waals surface area contributed by atoms with Gasteiger partial charge in [0.05, 0.1) is 18.4 Å². The fourth-order valence-corrected chi connectivity index (χ4v) is 2.36. The Kier molecular flexibility index (Phi) is 19.2. The monoisotopic (exact) mass is 430 g/mol. The fourth-order valence-electron chi connectivity index (χ4n) is 2.36. The summed E-state index contributed by atoms with van der Waals surface area (Å²) in [5.41, 5.74) is 6.92. The van der Waals surface area contributed by atoms with Crippen LogP contribution in [0.4, 0.5) is 0 Å². The van der Waals surface area contributed by atoms with Crippen molar-refractivity contribution < 1.29 is 83.7 Å². The second-order valence-electron chi connectivity index (χ2n) is 6.07. The number of hydrogen-bond donors (Lipinski definition) is 2. The zero-order chi connectivity index (χ0) is 20.8. The van der Waals surface area contributed by atoms with Crippen LogP contribution in [0.15, 0.2) is 60.7 Å². The van der Waals surface area contributed by atoms with Crippen LogP contribution in [0.3, 0.4) is 0 Å². The van der Waals surface area contributed by atoms with E-state index in [4.69, 9.17) is 5.73 Å². The normalized spacial score (nSPS) is 10.2. The van der Waals surface area contributed by atoms with Gasteiger partial charge in [-0.15, -0.1) is 0 Å². The Morgan fingerprint density at radius 1 is 0.833 bits per heavy atom. The van der Waals surface area contributed by atoms with Crippen molar-refractivity contribution in [3.63, 3.8) is 0 Å². The average molecular weight is 430 g/mol. The summed E-state index contributed by atoms with van der Waals surface area (Å²) < 4.78 is 0. The molecule has 0 spiro atoms. The summed E-state index contributed by atoms with van der Waals surface area (Å²) in [6.45, 7) is 0.387. The van der Waals surface area contributed by atoms with Crippen LogP contribution in [0.1, 0.15) is 24.0 Å². The minimum Gasteiger partial charge on any atom is -0.550 e. The Hall–Kier alpha value is -1.19. The van der Waals surface area contributed by atoms with E-state index in [0.717, 1.165) is 11.1 Å². The standard InChI is InChI=1S/C13H18N2O3.C8H8O2.2Na/c14-8-4-7-11(13(17)18)15-12(16)9-10-5-2-1-3-6-10;9-8(10)6-7-4-2-1-3-5-7;;/h1-3,5-6,11H,4,7-9,14H2,(H,15,16)(H,17,18);1-5H,6H2,(H,9,10);;/q;;2*+1/p-2/t11-;;;/m0.../s1. The molecule has 7 nitrogen and oxygen atoms in total. The molecular formula is C21H24N2Na2O5. The molecule has 0 aliphatic rings. The van der Waals surface area contributed by atoms with E-state index in [1.165, 1.54) is 0 Å². The summed E-state index contributed by atoms with van der Waals surface area (Å²) in [6, 6.07) is 17.1. The van der Waals surface area contributed by atoms with Gasteiger partial charge in [-0.05, 0) is 30.5 Å². The van der Waals surface area contributed by atoms with Gasteiger partial charge in [0.15, 0.2) is 0 Å². The average Bonchev–Trinajstić information content (AvgIpc) is 2.66. The van der Waals surface area contributed by atoms with Gasteiger partial charge in [-0.25, -0.2) is 0 Å². The molecule has 2 rings (SSSR count). The van der Waals surface area contributed by atoms with Crippen LogP contribution in [0.5, 0.6) is 0 Å². The maximum Gasteiger partial charge on any atom is 1.00 e. The van der Waals surface area contributed by atoms with Crippen LogP contribution in [-0.4, -0.2) is 30.4 Å². The van der Waals surface area contributed by atoms with Gasteiger partial charge in [-0.3, -0.25) is 4.79 Å². The number of nitrogens with one attached hydrogen (secondary N) is 1. The smallest absolute Gasteiger partial charge is 0.550 e. The van der Waals surface area contributed by atoms with Crippen LogP contribution >= 0.6 is 0 Å². The topological polar surface area (TPSA) is 135 Å². The molecule has 0 aliphatic heterocycles. The Balaban J connectivity index is 0. The van der Waals surface area contributed by atoms with Crippen molar-refractivity contribution >= 4 is 17.8 Å². The minimum absolute atomic E-state index is 0. The van der Waals surface area contributed by atoms with E-state index in [2.05, 4.69) is 5.32 Å². The van der Waals surface area contributed by atoms with E-state index in [0.29, 0.717) is 19.4 Å². The van der Waals surface area contributed by atoms with Gasteiger partial charge < -0.3 is 30.9 Å². The van der Waals surface area contributed by atoms with Gasteiger partial charge in [0.25, 0.3) is 0 Å². The number of carbonyl (C=O) groups is 3. The maximum atomic E-state index is 11.7. The molecule has 0 aromatic heterocycles. The molecular weight excluding hydrogens is 406 g/mol. The van der Waals surface area contributed by atoms with E-state index in [1.807, 2.05) is 36.4 Å². The number of benzene rings is 2. The van der Waals surface area contributed by atoms with Crippen molar-refractivity contribution in [1.82, 2.24) is 5.32 Å². The third-order valence-corrected chi connectivity index (χ3v) is 3.72. The summed E-state index contributed by atoms with van der Waals surface area (Å²) in [4.78, 5) is 32.5. The molecule has 30 heavy (non-hydrogen) atoms. The molecule has 1 amide bonds. The predicted octanol–water partition coefficient (Wildman–Crippen LogP) is -6.81. The number of carbonyl (C=O) groups excluding carboxylic acids is 3. The first-order valence-corrected chi connectivity index (χ1v) is 8.90. The van der Waals surface area contributed by atoms with E-state index in [1.54, 1.807) is 24.3 Å². The zero-order valence-electron chi connectivity index (χ0n) is 17.5. The van der Waals surface area contributed by atoms with Crippen LogP contribution in [0, 0.1) is 0 Å². The van der Waals surface area contributed by atoms with Crippen molar-refractivity contribution in [3.8, 4) is 0 Å². The third-order valence-electron chi connectivity index (χ3n) is 3.72. The number of carboxylic acid groups (broad SMARTS) is 2. The SMILES string of the molecule is NCCC[C@H](NC(=O)Cc1ccccc1)C(=O)[O-].O=C([O-])Cc1ccccc1.[Na+].[Na+]. The first-order chi connectivity index (χ1) is 13.4. The van der Waals surface area contributed by atoms with Crippen molar-refractivity contribution in [2.45, 2.75) is 31.7 Å². The van der Waals surface area contributed by atoms with Crippen molar-refractivity contribution in [3.05, 3.63) is 71.8 Å². The van der Waals surface area contributed by atoms with Gasteiger partial charge in [-0.1, -0.05) is 60.7 Å². The van der Waals surface area contributed by atoms with E-state index in [-0.39, 0.29) is 77.9 Å². The molecule has 0 bridgehead atoms. The Morgan fingerprint density at radius 2 is 1.30 bits per heavy atom. The first-order valence-electron chi connectivity index (χ1n) is 8.90. The molecule has 0 saturated carbocycles. The van der Waals surface area contributed by atoms with Crippen LogP contribution in [0.2, 0.25) is 0 Å². The molecule has 0 aliphatic carbocycles. The van der Waals surface area contributed by atoms with Gasteiger partial charge >= 0.3 is 59.1 Å². The van der Waals surface area contributed by atoms with Crippen molar-refractivity contribution in [2.75, 3.05) is 6.54 Å². The van der Waals surface area contributed by atoms with Crippen LogP contribution in [-0.2, 0) is 27.2 Å². The van der Waals surface area contributed by atoms with E-state index < -0.39 is 18.0 Å². The van der Waals surface area contributed by atoms with Gasteiger partial charge in [0, 0.05) is 12.4 Å². The summed E-state index contributed by atoms with van der Waals surface area (Å²) in [7, 11) is 0. The first kappa shape index (κ1) is 31.0. The van der Waals surface area contributed by atoms with Gasteiger partial charge in [-0.2, -0.15) is 0 Å². The van der Waals surface area contributed by atoms with Crippen molar-refractivity contribution in [2.24, 2.45) is 5.73 Å². The molecule has 150 valence electrons. The molecule has 3 N–H and O–H groups in total. The molecule has 0 unspecified atom stereocenters. The Bertz CT molecular complexity index is 746. The fraction of sp³-hybridized carbons (Fsp3) is 0.286. The Morgan fingerprint density at radius 3 is 1.70 bits per heavy atom. The Labute approximate surface area is 221 Å². The molecule has 9 heteroatoms. The van der Waals surface area contributed by atoms with Crippen LogP contribution in [0.25, 0.3) is 0 Å². The van der Waals surface area contributed by atoms with E-state index >= 15 is 0 Å². The number of aliphatic carboxylic acids is 2. The van der Waals surface area contributed by atoms with Gasteiger partial charge in [0.2, 0.25) is 5.91 Å². The molecule has 0 heterocycles. The van der Waals surface area contributed by atoms with Crippen LogP contribution < -0.4 is 80.4 Å². The summed E-state index contributed by atoms with van der Waals surface area (Å²) >= 11 is 0. The second-order valence-corrected chi connectivity index (χ2v) is 6.07. The number of nitrogens with two attached hydrogens (primary N) is 1. The number of carboxylic acids is 2. The number of rotatable bonds is 9. The zero-order valence-corrected chi connectivity index (χ0v) is 21.5. The molecule has 0 radical (unpaired) electrons. The molecule has 1 atom stereocenters. The minimum atomic E-state index is -1.27. The number of hydrogen-bond acceptors (Lipinski definition) is 6. The summed E-state index contributed by atoms with van der Waals surface area (Å²) in [5.74, 6) is -2.64. The molecule has 0 fully saturated rings. The summed E-state index contributed by atoms with van der Waals surface area (Å²) in [5, 5.41) is 23.3. The van der Waals surface area contributed by atoms with Gasteiger partial charge in [0.1, 0.15) is 0 Å². The molecule has 2 aromatic rings. The quantitative estimate of drug-likeness (QED) is 0.380. The second kappa shape index (κ2) is 18.6. The largest absolute Gasteiger partial charge is 1.00 e. The predicted molar refractivity (Wildman–Crippen MR) is 101 cm³/mol. The molecule has 2 aromatic carbocycles. The molecule has 0 saturated heterocycles. The van der Waals surface area contributed by atoms with E-state index in [9.17, 15) is 24.6 Å². The van der Waals surface area contributed by atoms with Crippen molar-refractivity contribution in [1.29, 1.82) is 0 Å². The number of amides is 1. The summed E-state index contributed by atoms with van der Waals surface area (Å²) in [6.07, 6.45) is 0.984.